The zero-order valence-corrected chi connectivity index (χ0v) is 11.8. The van der Waals surface area contributed by atoms with E-state index >= 15 is 0 Å². The van der Waals surface area contributed by atoms with Gasteiger partial charge in [-0.3, -0.25) is 14.9 Å². The SMILES string of the molecule is O=Cc1ccc(Oc2cc(F)c(Br)cc2[N+](=O)[O-])c(F)c1. The van der Waals surface area contributed by atoms with Gasteiger partial charge in [-0.15, -0.1) is 0 Å². The fourth-order valence-electron chi connectivity index (χ4n) is 1.53. The van der Waals surface area contributed by atoms with E-state index in [0.29, 0.717) is 6.29 Å². The van der Waals surface area contributed by atoms with Gasteiger partial charge in [-0.2, -0.15) is 0 Å². The molecular weight excluding hydrogens is 352 g/mol. The van der Waals surface area contributed by atoms with Crippen molar-refractivity contribution >= 4 is 27.9 Å². The van der Waals surface area contributed by atoms with Crippen molar-refractivity contribution < 1.29 is 23.2 Å². The summed E-state index contributed by atoms with van der Waals surface area (Å²) in [5, 5.41) is 10.9. The summed E-state index contributed by atoms with van der Waals surface area (Å²) in [5.41, 5.74) is -0.446. The second kappa shape index (κ2) is 5.96. The number of hydrogen-bond acceptors (Lipinski definition) is 4. The maximum Gasteiger partial charge on any atom is 0.312 e. The van der Waals surface area contributed by atoms with Crippen LogP contribution >= 0.6 is 15.9 Å². The van der Waals surface area contributed by atoms with Crippen molar-refractivity contribution in [3.05, 3.63) is 62.1 Å². The molecule has 0 unspecified atom stereocenters. The van der Waals surface area contributed by atoms with Crippen molar-refractivity contribution in [2.24, 2.45) is 0 Å². The van der Waals surface area contributed by atoms with Gasteiger partial charge < -0.3 is 4.74 Å². The summed E-state index contributed by atoms with van der Waals surface area (Å²) in [6.45, 7) is 0. The predicted octanol–water partition coefficient (Wildman–Crippen LogP) is 4.24. The first-order valence-corrected chi connectivity index (χ1v) is 6.27. The summed E-state index contributed by atoms with van der Waals surface area (Å²) >= 11 is 2.82. The first-order chi connectivity index (χ1) is 9.92. The highest BCUT2D eigenvalue weighted by molar-refractivity contribution is 9.10. The number of hydrogen-bond donors (Lipinski definition) is 0. The van der Waals surface area contributed by atoms with Crippen molar-refractivity contribution in [2.75, 3.05) is 0 Å². The van der Waals surface area contributed by atoms with Crippen LogP contribution in [0.1, 0.15) is 10.4 Å². The molecule has 0 fully saturated rings. The molecule has 0 atom stereocenters. The van der Waals surface area contributed by atoms with E-state index in [9.17, 15) is 23.7 Å². The predicted molar refractivity (Wildman–Crippen MR) is 72.6 cm³/mol. The Kier molecular flexibility index (Phi) is 4.27. The van der Waals surface area contributed by atoms with Gasteiger partial charge in [0.25, 0.3) is 0 Å². The summed E-state index contributed by atoms with van der Waals surface area (Å²) in [4.78, 5) is 20.6. The Morgan fingerprint density at radius 1 is 1.14 bits per heavy atom. The van der Waals surface area contributed by atoms with Crippen LogP contribution in [-0.2, 0) is 0 Å². The summed E-state index contributed by atoms with van der Waals surface area (Å²) in [7, 11) is 0. The Morgan fingerprint density at radius 2 is 1.86 bits per heavy atom. The summed E-state index contributed by atoms with van der Waals surface area (Å²) in [5.74, 6) is -2.48. The number of nitro benzene ring substituents is 1. The van der Waals surface area contributed by atoms with Gasteiger partial charge in [0.15, 0.2) is 11.6 Å². The van der Waals surface area contributed by atoms with Crippen LogP contribution in [0.25, 0.3) is 0 Å². The molecule has 108 valence electrons. The lowest BCUT2D eigenvalue weighted by molar-refractivity contribution is -0.385. The average Bonchev–Trinajstić information content (AvgIpc) is 2.44. The van der Waals surface area contributed by atoms with Gasteiger partial charge in [-0.1, -0.05) is 0 Å². The summed E-state index contributed by atoms with van der Waals surface area (Å²) in [6, 6.07) is 5.00. The molecule has 0 spiro atoms. The molecule has 0 aliphatic rings. The molecule has 2 aromatic rings. The minimum absolute atomic E-state index is 0.0799. The molecule has 5 nitrogen and oxygen atoms in total. The van der Waals surface area contributed by atoms with Crippen molar-refractivity contribution in [3.8, 4) is 11.5 Å². The topological polar surface area (TPSA) is 69.4 Å². The van der Waals surface area contributed by atoms with Gasteiger partial charge in [-0.25, -0.2) is 8.78 Å². The van der Waals surface area contributed by atoms with Gasteiger partial charge in [0.2, 0.25) is 5.75 Å². The second-order valence-electron chi connectivity index (χ2n) is 3.90. The van der Waals surface area contributed by atoms with Crippen LogP contribution in [0.5, 0.6) is 11.5 Å². The lowest BCUT2D eigenvalue weighted by Gasteiger charge is -2.08. The number of nitro groups is 1. The average molecular weight is 358 g/mol. The third-order valence-electron chi connectivity index (χ3n) is 2.51. The van der Waals surface area contributed by atoms with Crippen LogP contribution in [0.15, 0.2) is 34.8 Å². The molecule has 0 N–H and O–H groups in total. The minimum Gasteiger partial charge on any atom is -0.447 e. The number of carbonyl (C=O) groups excluding carboxylic acids is 1. The first-order valence-electron chi connectivity index (χ1n) is 5.48. The zero-order chi connectivity index (χ0) is 15.6. The molecule has 2 aromatic carbocycles. The standard InChI is InChI=1S/C13H6BrF2NO4/c14-8-4-11(17(19)20)13(5-9(8)15)21-12-2-1-7(6-18)3-10(12)16/h1-6H. The third kappa shape index (κ3) is 3.22. The Hall–Kier alpha value is -2.35. The molecule has 0 heterocycles. The monoisotopic (exact) mass is 357 g/mol. The number of aldehydes is 1. The quantitative estimate of drug-likeness (QED) is 0.466. The number of nitrogens with zero attached hydrogens (tertiary/aromatic N) is 1. The number of benzene rings is 2. The van der Waals surface area contributed by atoms with E-state index < -0.39 is 28.0 Å². The van der Waals surface area contributed by atoms with Crippen molar-refractivity contribution in [2.45, 2.75) is 0 Å². The highest BCUT2D eigenvalue weighted by Gasteiger charge is 2.20. The molecule has 0 amide bonds. The Labute approximate surface area is 125 Å². The molecule has 0 bridgehead atoms. The first kappa shape index (κ1) is 15.0. The molecule has 2 rings (SSSR count). The van der Waals surface area contributed by atoms with Gasteiger partial charge in [-0.05, 0) is 34.1 Å². The largest absolute Gasteiger partial charge is 0.447 e. The van der Waals surface area contributed by atoms with Gasteiger partial charge >= 0.3 is 5.69 Å². The van der Waals surface area contributed by atoms with Crippen molar-refractivity contribution in [3.63, 3.8) is 0 Å². The fourth-order valence-corrected chi connectivity index (χ4v) is 1.87. The lowest BCUT2D eigenvalue weighted by atomic mass is 10.2. The van der Waals surface area contributed by atoms with Crippen LogP contribution in [0.2, 0.25) is 0 Å². The van der Waals surface area contributed by atoms with E-state index in [1.807, 2.05) is 0 Å². The normalized spacial score (nSPS) is 10.2. The highest BCUT2D eigenvalue weighted by atomic mass is 79.9. The Bertz CT molecular complexity index is 736. The zero-order valence-electron chi connectivity index (χ0n) is 10.2. The molecule has 21 heavy (non-hydrogen) atoms. The van der Waals surface area contributed by atoms with E-state index in [1.54, 1.807) is 0 Å². The molecule has 0 radical (unpaired) electrons. The molecule has 0 aliphatic carbocycles. The Balaban J connectivity index is 2.46. The van der Waals surface area contributed by atoms with Crippen molar-refractivity contribution in [1.82, 2.24) is 0 Å². The van der Waals surface area contributed by atoms with Crippen molar-refractivity contribution in [1.29, 1.82) is 0 Å². The van der Waals surface area contributed by atoms with E-state index in [0.717, 1.165) is 24.3 Å². The molecular formula is C13H6BrF2NO4. The van der Waals surface area contributed by atoms with Gasteiger partial charge in [0.1, 0.15) is 12.1 Å². The van der Waals surface area contributed by atoms with Gasteiger partial charge in [0.05, 0.1) is 9.40 Å². The fraction of sp³-hybridized carbons (Fsp3) is 0. The second-order valence-corrected chi connectivity index (χ2v) is 4.76. The van der Waals surface area contributed by atoms with E-state index in [4.69, 9.17) is 4.74 Å². The van der Waals surface area contributed by atoms with Crippen LogP contribution in [-0.4, -0.2) is 11.2 Å². The van der Waals surface area contributed by atoms with Crippen LogP contribution < -0.4 is 4.74 Å². The summed E-state index contributed by atoms with van der Waals surface area (Å²) in [6.07, 6.45) is 0.439. The molecule has 0 saturated carbocycles. The van der Waals surface area contributed by atoms with E-state index in [-0.39, 0.29) is 15.8 Å². The molecule has 0 aliphatic heterocycles. The van der Waals surface area contributed by atoms with E-state index in [1.165, 1.54) is 6.07 Å². The maximum absolute atomic E-state index is 13.7. The number of halogens is 3. The maximum atomic E-state index is 13.7. The number of carbonyl (C=O) groups is 1. The number of ether oxygens (including phenoxy) is 1. The van der Waals surface area contributed by atoms with Crippen LogP contribution in [0, 0.1) is 21.7 Å². The minimum atomic E-state index is -0.891. The summed E-state index contributed by atoms with van der Waals surface area (Å²) < 4.78 is 32.1. The molecule has 0 saturated heterocycles. The van der Waals surface area contributed by atoms with E-state index in [2.05, 4.69) is 15.9 Å². The smallest absolute Gasteiger partial charge is 0.312 e. The van der Waals surface area contributed by atoms with Crippen LogP contribution in [0.3, 0.4) is 0 Å². The van der Waals surface area contributed by atoms with Crippen LogP contribution in [0.4, 0.5) is 14.5 Å². The Morgan fingerprint density at radius 3 is 2.43 bits per heavy atom. The van der Waals surface area contributed by atoms with Gasteiger partial charge in [0, 0.05) is 17.7 Å². The third-order valence-corrected chi connectivity index (χ3v) is 3.12. The lowest BCUT2D eigenvalue weighted by Crippen LogP contribution is -1.97. The molecule has 8 heteroatoms. The highest BCUT2D eigenvalue weighted by Crippen LogP contribution is 2.36. The number of rotatable bonds is 4. The molecule has 0 aromatic heterocycles.